The molecular formula is C29H26N2O6. The molecule has 2 saturated heterocycles. The number of carbonyl (C=O) groups is 5. The first kappa shape index (κ1) is 23.3. The minimum absolute atomic E-state index is 0.116. The molecule has 3 fully saturated rings. The Labute approximate surface area is 213 Å². The first-order valence-electron chi connectivity index (χ1n) is 12.5. The number of ether oxygens (including phenoxy) is 1. The molecule has 8 nitrogen and oxygen atoms in total. The Hall–Kier alpha value is -4.07. The quantitative estimate of drug-likeness (QED) is 0.474. The van der Waals surface area contributed by atoms with E-state index in [1.54, 1.807) is 81.4 Å². The van der Waals surface area contributed by atoms with Gasteiger partial charge in [-0.05, 0) is 38.1 Å². The third-order valence-corrected chi connectivity index (χ3v) is 8.71. The van der Waals surface area contributed by atoms with Crippen LogP contribution in [0.4, 0.5) is 11.4 Å². The predicted octanol–water partition coefficient (Wildman–Crippen LogP) is 3.13. The predicted molar refractivity (Wildman–Crippen MR) is 133 cm³/mol. The number of nitrogens with zero attached hydrogens (tertiary/aromatic N) is 2. The van der Waals surface area contributed by atoms with Crippen molar-refractivity contribution in [1.29, 1.82) is 0 Å². The molecule has 188 valence electrons. The number of anilines is 2. The van der Waals surface area contributed by atoms with Crippen LogP contribution in [-0.4, -0.2) is 36.2 Å². The number of imide groups is 2. The van der Waals surface area contributed by atoms with Gasteiger partial charge in [0.05, 0.1) is 41.7 Å². The van der Waals surface area contributed by atoms with Crippen molar-refractivity contribution in [2.24, 2.45) is 35.0 Å². The van der Waals surface area contributed by atoms with E-state index in [0.717, 1.165) is 9.80 Å². The van der Waals surface area contributed by atoms with Crippen molar-refractivity contribution in [2.75, 3.05) is 16.4 Å². The number of carbonyl (C=O) groups excluding carboxylic acids is 5. The van der Waals surface area contributed by atoms with Crippen molar-refractivity contribution in [3.05, 3.63) is 71.8 Å². The summed E-state index contributed by atoms with van der Waals surface area (Å²) in [7, 11) is 0. The molecule has 0 N–H and O–H groups in total. The number of esters is 1. The van der Waals surface area contributed by atoms with Gasteiger partial charge in [-0.2, -0.15) is 0 Å². The first-order chi connectivity index (χ1) is 17.7. The van der Waals surface area contributed by atoms with Gasteiger partial charge in [0.15, 0.2) is 0 Å². The summed E-state index contributed by atoms with van der Waals surface area (Å²) in [4.78, 5) is 71.6. The molecule has 2 aromatic carbocycles. The van der Waals surface area contributed by atoms with E-state index in [4.69, 9.17) is 4.74 Å². The fourth-order valence-corrected chi connectivity index (χ4v) is 7.47. The molecule has 2 heterocycles. The smallest absolute Gasteiger partial charge is 0.334 e. The molecule has 8 heteroatoms. The third-order valence-electron chi connectivity index (χ3n) is 8.71. The first-order valence-corrected chi connectivity index (χ1v) is 12.5. The maximum Gasteiger partial charge on any atom is 0.334 e. The topological polar surface area (TPSA) is 101 Å². The van der Waals surface area contributed by atoms with Crippen molar-refractivity contribution in [2.45, 2.75) is 20.8 Å². The van der Waals surface area contributed by atoms with Crippen LogP contribution in [-0.2, 0) is 28.7 Å². The highest BCUT2D eigenvalue weighted by Crippen LogP contribution is 2.68. The van der Waals surface area contributed by atoms with E-state index in [2.05, 4.69) is 0 Å². The average Bonchev–Trinajstić information content (AvgIpc) is 3.31. The van der Waals surface area contributed by atoms with Gasteiger partial charge in [-0.15, -0.1) is 0 Å². The van der Waals surface area contributed by atoms with Crippen LogP contribution in [0.25, 0.3) is 0 Å². The Kier molecular flexibility index (Phi) is 5.02. The number of rotatable bonds is 4. The maximum atomic E-state index is 14.0. The highest BCUT2D eigenvalue weighted by Gasteiger charge is 2.77. The molecule has 4 amide bonds. The van der Waals surface area contributed by atoms with E-state index in [-0.39, 0.29) is 12.2 Å². The molecule has 0 spiro atoms. The van der Waals surface area contributed by atoms with Crippen LogP contribution in [0.15, 0.2) is 71.8 Å². The Morgan fingerprint density at radius 2 is 1.19 bits per heavy atom. The summed E-state index contributed by atoms with van der Waals surface area (Å²) in [6.45, 7) is 5.22. The standard InChI is InChI=1S/C29H26N2O6/c1-4-37-28(36)21-15(2)18-19-22(26(34)30(24(19)32)16-11-7-5-8-12-16)29(21,3)23-20(18)25(33)31(27(23)35)17-13-9-6-10-14-17/h5-14,18-20,22-23H,4H2,1-3H3/t18?,19-,20-,22+,23+,29?/m0/s1. The minimum Gasteiger partial charge on any atom is -0.463 e. The van der Waals surface area contributed by atoms with Gasteiger partial charge in [0.2, 0.25) is 23.6 Å². The second-order valence-corrected chi connectivity index (χ2v) is 10.3. The summed E-state index contributed by atoms with van der Waals surface area (Å²) < 4.78 is 5.40. The van der Waals surface area contributed by atoms with Gasteiger partial charge >= 0.3 is 5.97 Å². The molecule has 5 aliphatic rings. The van der Waals surface area contributed by atoms with Crippen LogP contribution >= 0.6 is 0 Å². The molecule has 0 radical (unpaired) electrons. The molecule has 2 aromatic rings. The van der Waals surface area contributed by atoms with Crippen LogP contribution < -0.4 is 9.80 Å². The Bertz CT molecular complexity index is 1310. The number of benzene rings is 2. The average molecular weight is 499 g/mol. The van der Waals surface area contributed by atoms with Gasteiger partial charge in [-0.3, -0.25) is 29.0 Å². The van der Waals surface area contributed by atoms with Crippen LogP contribution in [0.5, 0.6) is 0 Å². The van der Waals surface area contributed by atoms with E-state index in [0.29, 0.717) is 16.9 Å². The molecule has 37 heavy (non-hydrogen) atoms. The van der Waals surface area contributed by atoms with E-state index >= 15 is 0 Å². The molecule has 7 rings (SSSR count). The molecule has 0 aromatic heterocycles. The third kappa shape index (κ3) is 2.81. The van der Waals surface area contributed by atoms with Crippen molar-refractivity contribution in [3.63, 3.8) is 0 Å². The van der Waals surface area contributed by atoms with Gasteiger partial charge < -0.3 is 4.74 Å². The zero-order chi connectivity index (χ0) is 26.2. The second-order valence-electron chi connectivity index (χ2n) is 10.3. The number of para-hydroxylation sites is 2. The lowest BCUT2D eigenvalue weighted by Gasteiger charge is -2.55. The lowest BCUT2D eigenvalue weighted by Crippen LogP contribution is -2.61. The summed E-state index contributed by atoms with van der Waals surface area (Å²) in [5.41, 5.74) is 0.259. The van der Waals surface area contributed by atoms with Crippen molar-refractivity contribution in [3.8, 4) is 0 Å². The van der Waals surface area contributed by atoms with Gasteiger partial charge in [-0.25, -0.2) is 4.79 Å². The van der Waals surface area contributed by atoms with E-state index in [1.807, 2.05) is 0 Å². The number of amides is 4. The fourth-order valence-electron chi connectivity index (χ4n) is 7.47. The second kappa shape index (κ2) is 7.96. The summed E-state index contributed by atoms with van der Waals surface area (Å²) in [5, 5.41) is 0. The molecule has 4 atom stereocenters. The van der Waals surface area contributed by atoms with Crippen molar-refractivity contribution < 1.29 is 28.7 Å². The molecular weight excluding hydrogens is 472 g/mol. The highest BCUT2D eigenvalue weighted by atomic mass is 16.5. The van der Waals surface area contributed by atoms with Crippen molar-refractivity contribution in [1.82, 2.24) is 0 Å². The SMILES string of the molecule is CCOC(=O)C1=C(C)C2[C@@H]3C(=O)N(c4ccccc4)C(=O)[C@@H]3C1(C)[C@H]1C(=O)N(c3ccccc3)C(=O)[C@@H]21. The van der Waals surface area contributed by atoms with Gasteiger partial charge in [0, 0.05) is 16.9 Å². The van der Waals surface area contributed by atoms with Crippen LogP contribution in [0, 0.1) is 35.0 Å². The van der Waals surface area contributed by atoms with E-state index < -0.39 is 64.6 Å². The Morgan fingerprint density at radius 3 is 1.59 bits per heavy atom. The molecule has 3 aliphatic carbocycles. The number of hydrogen-bond acceptors (Lipinski definition) is 6. The van der Waals surface area contributed by atoms with Crippen LogP contribution in [0.2, 0.25) is 0 Å². The van der Waals surface area contributed by atoms with Crippen LogP contribution in [0.1, 0.15) is 20.8 Å². The fraction of sp³-hybridized carbons (Fsp3) is 0.345. The summed E-state index contributed by atoms with van der Waals surface area (Å²) in [6, 6.07) is 17.2. The van der Waals surface area contributed by atoms with Crippen molar-refractivity contribution >= 4 is 41.0 Å². The van der Waals surface area contributed by atoms with Gasteiger partial charge in [0.25, 0.3) is 0 Å². The van der Waals surface area contributed by atoms with Gasteiger partial charge in [0.1, 0.15) is 0 Å². The molecule has 0 unspecified atom stereocenters. The molecule has 2 aliphatic heterocycles. The highest BCUT2D eigenvalue weighted by molar-refractivity contribution is 6.27. The zero-order valence-electron chi connectivity index (χ0n) is 20.7. The van der Waals surface area contributed by atoms with E-state index in [1.165, 1.54) is 0 Å². The monoisotopic (exact) mass is 498 g/mol. The summed E-state index contributed by atoms with van der Waals surface area (Å²) in [5.74, 6) is -6.76. The van der Waals surface area contributed by atoms with E-state index in [9.17, 15) is 24.0 Å². The summed E-state index contributed by atoms with van der Waals surface area (Å²) >= 11 is 0. The Balaban J connectivity index is 1.56. The zero-order valence-corrected chi connectivity index (χ0v) is 20.7. The molecule has 2 bridgehead atoms. The lowest BCUT2D eigenvalue weighted by atomic mass is 9.43. The normalized spacial score (nSPS) is 32.2. The lowest BCUT2D eigenvalue weighted by molar-refractivity contribution is -0.155. The number of hydrogen-bond donors (Lipinski definition) is 0. The van der Waals surface area contributed by atoms with Crippen LogP contribution in [0.3, 0.4) is 0 Å². The molecule has 1 saturated carbocycles. The summed E-state index contributed by atoms with van der Waals surface area (Å²) in [6.07, 6.45) is 0. The minimum atomic E-state index is -1.40. The van der Waals surface area contributed by atoms with Gasteiger partial charge in [-0.1, -0.05) is 48.9 Å². The Morgan fingerprint density at radius 1 is 0.757 bits per heavy atom. The largest absolute Gasteiger partial charge is 0.463 e. The number of allylic oxidation sites excluding steroid dienone is 1. The maximum absolute atomic E-state index is 14.0.